The molecule has 2 rings (SSSR count). The second kappa shape index (κ2) is 4.92. The first kappa shape index (κ1) is 12.8. The Bertz CT molecular complexity index is 289. The number of carboxylic acids is 1. The lowest BCUT2D eigenvalue weighted by atomic mass is 9.95. The minimum atomic E-state index is -0.686. The van der Waals surface area contributed by atoms with Gasteiger partial charge in [-0.15, -0.1) is 0 Å². The van der Waals surface area contributed by atoms with Crippen LogP contribution in [0.3, 0.4) is 0 Å². The Labute approximate surface area is 102 Å². The van der Waals surface area contributed by atoms with Crippen molar-refractivity contribution in [1.82, 2.24) is 9.80 Å². The van der Waals surface area contributed by atoms with Gasteiger partial charge in [-0.2, -0.15) is 0 Å². The summed E-state index contributed by atoms with van der Waals surface area (Å²) in [5.41, 5.74) is -0.686. The second-order valence-electron chi connectivity index (χ2n) is 5.25. The highest BCUT2D eigenvalue weighted by atomic mass is 16.5. The van der Waals surface area contributed by atoms with Crippen LogP contribution in [0.1, 0.15) is 20.3 Å². The summed E-state index contributed by atoms with van der Waals surface area (Å²) in [6.07, 6.45) is 0.723. The number of ether oxygens (including phenoxy) is 1. The number of likely N-dealkylation sites (tertiary alicyclic amines) is 1. The molecule has 2 aliphatic heterocycles. The van der Waals surface area contributed by atoms with Crippen LogP contribution >= 0.6 is 0 Å². The van der Waals surface area contributed by atoms with Gasteiger partial charge >= 0.3 is 5.97 Å². The van der Waals surface area contributed by atoms with Gasteiger partial charge in [0.25, 0.3) is 0 Å². The molecule has 0 bridgehead atoms. The molecule has 0 aliphatic carbocycles. The monoisotopic (exact) mass is 242 g/mol. The van der Waals surface area contributed by atoms with Gasteiger partial charge in [-0.25, -0.2) is 0 Å². The molecule has 0 aromatic heterocycles. The molecule has 0 amide bonds. The van der Waals surface area contributed by atoms with E-state index in [0.717, 1.165) is 26.1 Å². The molecule has 0 aromatic carbocycles. The van der Waals surface area contributed by atoms with Gasteiger partial charge in [0.1, 0.15) is 5.54 Å². The SMILES string of the molecule is CC(C)N1CCC(C(=O)O)(N2CCOCC2)C1. The Morgan fingerprint density at radius 1 is 1.29 bits per heavy atom. The van der Waals surface area contributed by atoms with Crippen molar-refractivity contribution in [3.05, 3.63) is 0 Å². The van der Waals surface area contributed by atoms with Crippen molar-refractivity contribution >= 4 is 5.97 Å². The number of morpholine rings is 1. The van der Waals surface area contributed by atoms with E-state index < -0.39 is 11.5 Å². The van der Waals surface area contributed by atoms with Gasteiger partial charge in [0.2, 0.25) is 0 Å². The van der Waals surface area contributed by atoms with E-state index >= 15 is 0 Å². The largest absolute Gasteiger partial charge is 0.480 e. The van der Waals surface area contributed by atoms with Gasteiger partial charge in [0.05, 0.1) is 13.2 Å². The van der Waals surface area contributed by atoms with Crippen molar-refractivity contribution in [3.8, 4) is 0 Å². The Kier molecular flexibility index (Phi) is 3.70. The lowest BCUT2D eigenvalue weighted by molar-refractivity contribution is -0.154. The third kappa shape index (κ3) is 2.32. The van der Waals surface area contributed by atoms with E-state index in [4.69, 9.17) is 4.74 Å². The summed E-state index contributed by atoms with van der Waals surface area (Å²) in [4.78, 5) is 16.0. The van der Waals surface area contributed by atoms with Gasteiger partial charge in [0.15, 0.2) is 0 Å². The molecule has 2 heterocycles. The molecular formula is C12H22N2O3. The van der Waals surface area contributed by atoms with Crippen LogP contribution in [0.4, 0.5) is 0 Å². The number of hydrogen-bond acceptors (Lipinski definition) is 4. The molecular weight excluding hydrogens is 220 g/mol. The van der Waals surface area contributed by atoms with Crippen molar-refractivity contribution in [2.45, 2.75) is 31.8 Å². The second-order valence-corrected chi connectivity index (χ2v) is 5.25. The van der Waals surface area contributed by atoms with Gasteiger partial charge in [0, 0.05) is 32.2 Å². The number of hydrogen-bond donors (Lipinski definition) is 1. The minimum Gasteiger partial charge on any atom is -0.480 e. The fourth-order valence-electron chi connectivity index (χ4n) is 2.82. The van der Waals surface area contributed by atoms with Crippen LogP contribution in [-0.2, 0) is 9.53 Å². The zero-order valence-electron chi connectivity index (χ0n) is 10.7. The summed E-state index contributed by atoms with van der Waals surface area (Å²) in [5, 5.41) is 9.61. The van der Waals surface area contributed by atoms with Crippen molar-refractivity contribution in [2.75, 3.05) is 39.4 Å². The maximum absolute atomic E-state index is 11.7. The molecule has 2 aliphatic rings. The molecule has 0 aromatic rings. The number of carbonyl (C=O) groups is 1. The first-order valence-corrected chi connectivity index (χ1v) is 6.36. The van der Waals surface area contributed by atoms with E-state index in [9.17, 15) is 9.90 Å². The lowest BCUT2D eigenvalue weighted by Gasteiger charge is -2.40. The molecule has 2 fully saturated rings. The molecule has 1 atom stereocenters. The molecule has 2 saturated heterocycles. The van der Waals surface area contributed by atoms with Gasteiger partial charge < -0.3 is 9.84 Å². The topological polar surface area (TPSA) is 53.0 Å². The molecule has 0 spiro atoms. The maximum Gasteiger partial charge on any atom is 0.325 e. The number of aliphatic carboxylic acids is 1. The molecule has 0 saturated carbocycles. The van der Waals surface area contributed by atoms with Crippen LogP contribution in [0.15, 0.2) is 0 Å². The summed E-state index contributed by atoms with van der Waals surface area (Å²) in [7, 11) is 0. The van der Waals surface area contributed by atoms with Crippen LogP contribution < -0.4 is 0 Å². The van der Waals surface area contributed by atoms with Crippen LogP contribution in [-0.4, -0.2) is 71.8 Å². The van der Waals surface area contributed by atoms with E-state index in [0.29, 0.717) is 25.8 Å². The molecule has 98 valence electrons. The van der Waals surface area contributed by atoms with E-state index in [2.05, 4.69) is 23.6 Å². The molecule has 5 heteroatoms. The molecule has 1 unspecified atom stereocenters. The van der Waals surface area contributed by atoms with E-state index in [-0.39, 0.29) is 0 Å². The van der Waals surface area contributed by atoms with E-state index in [1.54, 1.807) is 0 Å². The van der Waals surface area contributed by atoms with E-state index in [1.165, 1.54) is 0 Å². The average molecular weight is 242 g/mol. The fourth-order valence-corrected chi connectivity index (χ4v) is 2.82. The van der Waals surface area contributed by atoms with Crippen LogP contribution in [0.25, 0.3) is 0 Å². The van der Waals surface area contributed by atoms with Gasteiger partial charge in [-0.05, 0) is 20.3 Å². The van der Waals surface area contributed by atoms with Crippen molar-refractivity contribution in [1.29, 1.82) is 0 Å². The van der Waals surface area contributed by atoms with Gasteiger partial charge in [-0.3, -0.25) is 14.6 Å². The quantitative estimate of drug-likeness (QED) is 0.769. The van der Waals surface area contributed by atoms with Crippen LogP contribution in [0.5, 0.6) is 0 Å². The summed E-state index contributed by atoms with van der Waals surface area (Å²) in [6.45, 7) is 8.53. The number of carboxylic acid groups (broad SMARTS) is 1. The molecule has 1 N–H and O–H groups in total. The Morgan fingerprint density at radius 3 is 2.41 bits per heavy atom. The molecule has 0 radical (unpaired) electrons. The van der Waals surface area contributed by atoms with Crippen LogP contribution in [0, 0.1) is 0 Å². The molecule has 5 nitrogen and oxygen atoms in total. The first-order chi connectivity index (χ1) is 8.06. The highest BCUT2D eigenvalue weighted by Crippen LogP contribution is 2.30. The third-order valence-corrected chi connectivity index (χ3v) is 4.02. The summed E-state index contributed by atoms with van der Waals surface area (Å²) >= 11 is 0. The van der Waals surface area contributed by atoms with Crippen molar-refractivity contribution in [3.63, 3.8) is 0 Å². The Hall–Kier alpha value is -0.650. The fraction of sp³-hybridized carbons (Fsp3) is 0.917. The number of rotatable bonds is 3. The Morgan fingerprint density at radius 2 is 1.94 bits per heavy atom. The summed E-state index contributed by atoms with van der Waals surface area (Å²) in [6, 6.07) is 0.414. The van der Waals surface area contributed by atoms with E-state index in [1.807, 2.05) is 0 Å². The van der Waals surface area contributed by atoms with Crippen LogP contribution in [0.2, 0.25) is 0 Å². The predicted molar refractivity (Wildman–Crippen MR) is 64.1 cm³/mol. The minimum absolute atomic E-state index is 0.414. The average Bonchev–Trinajstić information content (AvgIpc) is 2.76. The van der Waals surface area contributed by atoms with Crippen molar-refractivity contribution < 1.29 is 14.6 Å². The third-order valence-electron chi connectivity index (χ3n) is 4.02. The zero-order chi connectivity index (χ0) is 12.5. The smallest absolute Gasteiger partial charge is 0.325 e. The van der Waals surface area contributed by atoms with Crippen molar-refractivity contribution in [2.24, 2.45) is 0 Å². The lowest BCUT2D eigenvalue weighted by Crippen LogP contribution is -2.59. The van der Waals surface area contributed by atoms with Gasteiger partial charge in [-0.1, -0.05) is 0 Å². The highest BCUT2D eigenvalue weighted by molar-refractivity contribution is 5.79. The Balaban J connectivity index is 2.13. The first-order valence-electron chi connectivity index (χ1n) is 6.36. The summed E-state index contributed by atoms with van der Waals surface area (Å²) < 4.78 is 5.31. The highest BCUT2D eigenvalue weighted by Gasteiger charge is 2.49. The molecule has 17 heavy (non-hydrogen) atoms. The maximum atomic E-state index is 11.7. The zero-order valence-corrected chi connectivity index (χ0v) is 10.7. The normalized spacial score (nSPS) is 32.2. The predicted octanol–water partition coefficient (Wildman–Crippen LogP) is 0.256. The number of nitrogens with zero attached hydrogens (tertiary/aromatic N) is 2. The summed E-state index contributed by atoms with van der Waals surface area (Å²) in [5.74, 6) is -0.678. The standard InChI is InChI=1S/C12H22N2O3/c1-10(2)13-4-3-12(9-13,11(15)16)14-5-7-17-8-6-14/h10H,3-9H2,1-2H3,(H,15,16).